The lowest BCUT2D eigenvalue weighted by Gasteiger charge is -2.19. The highest BCUT2D eigenvalue weighted by atomic mass is 32.2. The molecule has 1 fully saturated rings. The summed E-state index contributed by atoms with van der Waals surface area (Å²) in [7, 11) is 0. The van der Waals surface area contributed by atoms with E-state index in [0.29, 0.717) is 18.2 Å². The lowest BCUT2D eigenvalue weighted by atomic mass is 10.1. The van der Waals surface area contributed by atoms with Crippen molar-refractivity contribution in [1.29, 1.82) is 0 Å². The lowest BCUT2D eigenvalue weighted by Crippen LogP contribution is -2.29. The largest absolute Gasteiger partial charge is 0.389 e. The van der Waals surface area contributed by atoms with Crippen molar-refractivity contribution < 1.29 is 5.11 Å². The Morgan fingerprint density at radius 1 is 1.15 bits per heavy atom. The number of hydrogen-bond donors (Lipinski definition) is 3. The van der Waals surface area contributed by atoms with E-state index >= 15 is 0 Å². The van der Waals surface area contributed by atoms with Crippen LogP contribution < -0.4 is 10.6 Å². The van der Waals surface area contributed by atoms with Crippen molar-refractivity contribution in [1.82, 2.24) is 19.9 Å². The SMILES string of the molecule is CC(C)(O)CNc1cc(Sc2ccccc2)nn2c(-c3ccc(C(=S)NC4CC4)cc3)cnc12. The van der Waals surface area contributed by atoms with Crippen molar-refractivity contribution in [2.24, 2.45) is 0 Å². The van der Waals surface area contributed by atoms with Crippen LogP contribution >= 0.6 is 24.0 Å². The van der Waals surface area contributed by atoms with E-state index in [2.05, 4.69) is 39.9 Å². The number of nitrogens with one attached hydrogen (secondary N) is 2. The first kappa shape index (κ1) is 22.8. The average Bonchev–Trinajstić information content (AvgIpc) is 3.53. The van der Waals surface area contributed by atoms with Crippen LogP contribution in [0.4, 0.5) is 5.69 Å². The summed E-state index contributed by atoms with van der Waals surface area (Å²) in [5.41, 5.74) is 3.60. The molecule has 2 heterocycles. The molecule has 6 nitrogen and oxygen atoms in total. The number of fused-ring (bicyclic) bond motifs is 1. The van der Waals surface area contributed by atoms with Crippen molar-refractivity contribution >= 4 is 40.3 Å². The van der Waals surface area contributed by atoms with Crippen molar-refractivity contribution in [3.05, 3.63) is 72.4 Å². The molecule has 3 N–H and O–H groups in total. The molecule has 1 saturated carbocycles. The molecule has 0 unspecified atom stereocenters. The van der Waals surface area contributed by atoms with Crippen LogP contribution in [0.15, 0.2) is 76.8 Å². The number of aliphatic hydroxyl groups is 1. The van der Waals surface area contributed by atoms with Crippen LogP contribution in [-0.2, 0) is 0 Å². The monoisotopic (exact) mass is 489 g/mol. The van der Waals surface area contributed by atoms with Crippen LogP contribution in [0.2, 0.25) is 0 Å². The molecule has 4 aromatic rings. The van der Waals surface area contributed by atoms with Gasteiger partial charge in [0.25, 0.3) is 0 Å². The first-order chi connectivity index (χ1) is 16.4. The molecule has 2 aromatic heterocycles. The number of thiocarbonyl (C=S) groups is 1. The van der Waals surface area contributed by atoms with Gasteiger partial charge in [0.05, 0.1) is 23.2 Å². The van der Waals surface area contributed by atoms with Gasteiger partial charge < -0.3 is 15.7 Å². The summed E-state index contributed by atoms with van der Waals surface area (Å²) in [6, 6.07) is 20.9. The summed E-state index contributed by atoms with van der Waals surface area (Å²) in [5.74, 6) is 0. The zero-order valence-corrected chi connectivity index (χ0v) is 20.8. The highest BCUT2D eigenvalue weighted by molar-refractivity contribution is 7.99. The van der Waals surface area contributed by atoms with Gasteiger partial charge in [-0.3, -0.25) is 0 Å². The molecule has 5 rings (SSSR count). The zero-order chi connectivity index (χ0) is 23.7. The Bertz CT molecular complexity index is 1310. The molecular weight excluding hydrogens is 462 g/mol. The quantitative estimate of drug-likeness (QED) is 0.295. The second-order valence-corrected chi connectivity index (χ2v) is 10.7. The van der Waals surface area contributed by atoms with E-state index in [9.17, 15) is 5.11 Å². The third-order valence-electron chi connectivity index (χ3n) is 5.48. The fraction of sp³-hybridized carbons (Fsp3) is 0.269. The van der Waals surface area contributed by atoms with Gasteiger partial charge in [0.1, 0.15) is 10.0 Å². The molecule has 34 heavy (non-hydrogen) atoms. The van der Waals surface area contributed by atoms with Crippen LogP contribution in [0, 0.1) is 0 Å². The summed E-state index contributed by atoms with van der Waals surface area (Å²) in [5, 5.41) is 22.7. The first-order valence-corrected chi connectivity index (χ1v) is 12.6. The Labute approximate surface area is 208 Å². The minimum Gasteiger partial charge on any atom is -0.389 e. The highest BCUT2D eigenvalue weighted by Gasteiger charge is 2.22. The maximum Gasteiger partial charge on any atom is 0.177 e. The molecular formula is C26H27N5OS2. The van der Waals surface area contributed by atoms with Gasteiger partial charge in [-0.25, -0.2) is 9.50 Å². The van der Waals surface area contributed by atoms with E-state index in [1.165, 1.54) is 12.8 Å². The number of benzene rings is 2. The van der Waals surface area contributed by atoms with Gasteiger partial charge in [-0.15, -0.1) is 0 Å². The van der Waals surface area contributed by atoms with E-state index in [-0.39, 0.29) is 0 Å². The minimum atomic E-state index is -0.856. The number of imidazole rings is 1. The maximum atomic E-state index is 10.2. The molecule has 0 bridgehead atoms. The van der Waals surface area contributed by atoms with Gasteiger partial charge in [0.15, 0.2) is 5.65 Å². The smallest absolute Gasteiger partial charge is 0.177 e. The number of aromatic nitrogens is 3. The number of hydrogen-bond acceptors (Lipinski definition) is 6. The fourth-order valence-electron chi connectivity index (χ4n) is 3.53. The molecule has 1 aliphatic carbocycles. The molecule has 174 valence electrons. The van der Waals surface area contributed by atoms with Crippen molar-refractivity contribution in [2.45, 2.75) is 48.3 Å². The molecule has 0 saturated heterocycles. The Balaban J connectivity index is 1.50. The van der Waals surface area contributed by atoms with E-state index in [4.69, 9.17) is 17.3 Å². The Morgan fingerprint density at radius 2 is 1.88 bits per heavy atom. The summed E-state index contributed by atoms with van der Waals surface area (Å²) in [6.45, 7) is 3.95. The molecule has 0 aliphatic heterocycles. The number of rotatable bonds is 8. The van der Waals surface area contributed by atoms with Gasteiger partial charge >= 0.3 is 0 Å². The van der Waals surface area contributed by atoms with Crippen LogP contribution in [0.1, 0.15) is 32.3 Å². The van der Waals surface area contributed by atoms with E-state index in [0.717, 1.165) is 37.4 Å². The van der Waals surface area contributed by atoms with E-state index < -0.39 is 5.60 Å². The van der Waals surface area contributed by atoms with Gasteiger partial charge in [-0.1, -0.05) is 66.4 Å². The second-order valence-electron chi connectivity index (χ2n) is 9.18. The summed E-state index contributed by atoms with van der Waals surface area (Å²) < 4.78 is 1.87. The number of nitrogens with zero attached hydrogens (tertiary/aromatic N) is 3. The van der Waals surface area contributed by atoms with Crippen LogP contribution in [-0.4, -0.2) is 42.9 Å². The van der Waals surface area contributed by atoms with Gasteiger partial charge in [-0.05, 0) is 44.9 Å². The zero-order valence-electron chi connectivity index (χ0n) is 19.2. The lowest BCUT2D eigenvalue weighted by molar-refractivity contribution is 0.0945. The summed E-state index contributed by atoms with van der Waals surface area (Å²) >= 11 is 7.13. The van der Waals surface area contributed by atoms with Crippen molar-refractivity contribution in [3.63, 3.8) is 0 Å². The molecule has 1 aliphatic rings. The van der Waals surface area contributed by atoms with Gasteiger partial charge in [0, 0.05) is 28.6 Å². The van der Waals surface area contributed by atoms with Gasteiger partial charge in [0.2, 0.25) is 0 Å². The normalized spacial score (nSPS) is 13.7. The predicted molar refractivity (Wildman–Crippen MR) is 142 cm³/mol. The van der Waals surface area contributed by atoms with Crippen molar-refractivity contribution in [3.8, 4) is 11.3 Å². The second kappa shape index (κ2) is 9.37. The molecule has 0 amide bonds. The third-order valence-corrected chi connectivity index (χ3v) is 6.75. The number of anilines is 1. The van der Waals surface area contributed by atoms with E-state index in [1.54, 1.807) is 25.6 Å². The Morgan fingerprint density at radius 3 is 2.56 bits per heavy atom. The summed E-state index contributed by atoms with van der Waals surface area (Å²) in [6.07, 6.45) is 4.22. The molecule has 2 aromatic carbocycles. The van der Waals surface area contributed by atoms with Crippen LogP contribution in [0.5, 0.6) is 0 Å². The standard InChI is InChI=1S/C26H27N5OS2/c1-26(2,32)16-28-21-14-23(34-20-6-4-3-5-7-20)30-31-22(15-27-24(21)31)17-8-10-18(11-9-17)25(33)29-19-12-13-19/h3-11,14-15,19,28,32H,12-13,16H2,1-2H3,(H,29,33). The van der Waals surface area contributed by atoms with Crippen LogP contribution in [0.3, 0.4) is 0 Å². The third kappa shape index (κ3) is 5.41. The Hall–Kier alpha value is -2.94. The molecule has 0 radical (unpaired) electrons. The molecule has 0 atom stereocenters. The predicted octanol–water partition coefficient (Wildman–Crippen LogP) is 5.16. The summed E-state index contributed by atoms with van der Waals surface area (Å²) in [4.78, 5) is 6.56. The van der Waals surface area contributed by atoms with Gasteiger partial charge in [-0.2, -0.15) is 5.10 Å². The topological polar surface area (TPSA) is 74.5 Å². The van der Waals surface area contributed by atoms with Crippen molar-refractivity contribution in [2.75, 3.05) is 11.9 Å². The first-order valence-electron chi connectivity index (χ1n) is 11.3. The van der Waals surface area contributed by atoms with Crippen LogP contribution in [0.25, 0.3) is 16.9 Å². The molecule has 8 heteroatoms. The minimum absolute atomic E-state index is 0.393. The maximum absolute atomic E-state index is 10.2. The molecule has 0 spiro atoms. The Kier molecular flexibility index (Phi) is 6.29. The highest BCUT2D eigenvalue weighted by Crippen LogP contribution is 2.31. The van der Waals surface area contributed by atoms with E-state index in [1.807, 2.05) is 47.1 Å². The average molecular weight is 490 g/mol. The fourth-order valence-corrected chi connectivity index (χ4v) is 4.67.